The maximum Gasteiger partial charge on any atom is 0.224 e. The predicted molar refractivity (Wildman–Crippen MR) is 95.9 cm³/mol. The number of anilines is 2. The highest BCUT2D eigenvalue weighted by molar-refractivity contribution is 5.39. The molecule has 0 radical (unpaired) electrons. The topological polar surface area (TPSA) is 53.1 Å². The van der Waals surface area contributed by atoms with Crippen molar-refractivity contribution in [3.63, 3.8) is 0 Å². The molecular formula is C18H31N5. The second-order valence-electron chi connectivity index (χ2n) is 6.96. The Kier molecular flexibility index (Phi) is 6.08. The first kappa shape index (κ1) is 16.5. The van der Waals surface area contributed by atoms with Gasteiger partial charge in [-0.2, -0.15) is 4.98 Å². The summed E-state index contributed by atoms with van der Waals surface area (Å²) in [5.41, 5.74) is 0. The van der Waals surface area contributed by atoms with Crippen LogP contribution in [0.25, 0.3) is 0 Å². The first-order valence-corrected chi connectivity index (χ1v) is 9.40. The minimum Gasteiger partial charge on any atom is -0.368 e. The van der Waals surface area contributed by atoms with Crippen molar-refractivity contribution in [1.29, 1.82) is 0 Å². The highest BCUT2D eigenvalue weighted by Gasteiger charge is 2.22. The number of hydrogen-bond acceptors (Lipinski definition) is 5. The molecule has 5 heteroatoms. The average Bonchev–Trinajstić information content (AvgIpc) is 3.07. The molecule has 1 aliphatic carbocycles. The molecular weight excluding hydrogens is 286 g/mol. The van der Waals surface area contributed by atoms with Gasteiger partial charge in [0.05, 0.1) is 0 Å². The molecule has 1 aromatic heterocycles. The van der Waals surface area contributed by atoms with E-state index in [0.717, 1.165) is 37.3 Å². The van der Waals surface area contributed by atoms with E-state index < -0.39 is 0 Å². The van der Waals surface area contributed by atoms with E-state index in [1.54, 1.807) is 0 Å². The van der Waals surface area contributed by atoms with E-state index in [1.165, 1.54) is 51.5 Å². The normalized spacial score (nSPS) is 23.1. The molecule has 1 atom stereocenters. The van der Waals surface area contributed by atoms with Gasteiger partial charge in [0.25, 0.3) is 0 Å². The molecule has 0 amide bonds. The maximum atomic E-state index is 4.62. The number of nitrogens with one attached hydrogen (secondary N) is 2. The van der Waals surface area contributed by atoms with E-state index in [2.05, 4.69) is 32.4 Å². The predicted octanol–water partition coefficient (Wildman–Crippen LogP) is 3.37. The minimum atomic E-state index is 0.647. The summed E-state index contributed by atoms with van der Waals surface area (Å²) in [6.45, 7) is 6.62. The van der Waals surface area contributed by atoms with Gasteiger partial charge in [-0.1, -0.05) is 26.2 Å². The highest BCUT2D eigenvalue weighted by atomic mass is 15.2. The quantitative estimate of drug-likeness (QED) is 0.807. The molecule has 23 heavy (non-hydrogen) atoms. The monoisotopic (exact) mass is 317 g/mol. The zero-order chi connectivity index (χ0) is 15.9. The zero-order valence-corrected chi connectivity index (χ0v) is 14.4. The third kappa shape index (κ3) is 4.80. The summed E-state index contributed by atoms with van der Waals surface area (Å²) in [4.78, 5) is 11.5. The summed E-state index contributed by atoms with van der Waals surface area (Å²) in [5.74, 6) is 2.49. The summed E-state index contributed by atoms with van der Waals surface area (Å²) < 4.78 is 0. The standard InChI is InChI=1S/C18H31N5/c1-2-23-12-6-9-16(23)14-20-17-10-11-19-18(22-17)21-13-15-7-4-3-5-8-15/h10-11,15-16H,2-9,12-14H2,1H3,(H2,19,20,21,22). The molecule has 0 aromatic carbocycles. The van der Waals surface area contributed by atoms with Crippen molar-refractivity contribution in [1.82, 2.24) is 14.9 Å². The molecule has 2 aliphatic rings. The Bertz CT molecular complexity index is 472. The molecule has 1 saturated carbocycles. The fraction of sp³-hybridized carbons (Fsp3) is 0.778. The smallest absolute Gasteiger partial charge is 0.224 e. The number of rotatable bonds is 7. The van der Waals surface area contributed by atoms with E-state index >= 15 is 0 Å². The van der Waals surface area contributed by atoms with Gasteiger partial charge < -0.3 is 10.6 Å². The number of nitrogens with zero attached hydrogens (tertiary/aromatic N) is 3. The summed E-state index contributed by atoms with van der Waals surface area (Å²) in [6.07, 6.45) is 11.3. The molecule has 2 heterocycles. The molecule has 5 nitrogen and oxygen atoms in total. The summed E-state index contributed by atoms with van der Waals surface area (Å²) in [5, 5.41) is 6.93. The van der Waals surface area contributed by atoms with Crippen LogP contribution < -0.4 is 10.6 Å². The first-order valence-electron chi connectivity index (χ1n) is 9.40. The van der Waals surface area contributed by atoms with E-state index in [0.29, 0.717) is 6.04 Å². The number of aromatic nitrogens is 2. The van der Waals surface area contributed by atoms with Crippen molar-refractivity contribution in [3.05, 3.63) is 12.3 Å². The van der Waals surface area contributed by atoms with Crippen LogP contribution in [-0.2, 0) is 0 Å². The van der Waals surface area contributed by atoms with E-state index in [4.69, 9.17) is 0 Å². The fourth-order valence-electron chi connectivity index (χ4n) is 3.93. The molecule has 0 bridgehead atoms. The van der Waals surface area contributed by atoms with Crippen LogP contribution in [0.3, 0.4) is 0 Å². The first-order chi connectivity index (χ1) is 11.3. The zero-order valence-electron chi connectivity index (χ0n) is 14.4. The molecule has 128 valence electrons. The second kappa shape index (κ2) is 8.48. The Balaban J connectivity index is 1.46. The van der Waals surface area contributed by atoms with Crippen LogP contribution in [0, 0.1) is 5.92 Å². The van der Waals surface area contributed by atoms with Crippen LogP contribution in [0.5, 0.6) is 0 Å². The van der Waals surface area contributed by atoms with Gasteiger partial charge in [-0.25, -0.2) is 4.98 Å². The lowest BCUT2D eigenvalue weighted by Crippen LogP contribution is -2.34. The Morgan fingerprint density at radius 1 is 1.09 bits per heavy atom. The molecule has 1 unspecified atom stereocenters. The van der Waals surface area contributed by atoms with Crippen molar-refractivity contribution in [2.75, 3.05) is 36.8 Å². The minimum absolute atomic E-state index is 0.647. The van der Waals surface area contributed by atoms with Gasteiger partial charge in [-0.15, -0.1) is 0 Å². The molecule has 3 rings (SSSR count). The van der Waals surface area contributed by atoms with Gasteiger partial charge in [-0.3, -0.25) is 4.90 Å². The van der Waals surface area contributed by atoms with Gasteiger partial charge in [0.15, 0.2) is 0 Å². The number of likely N-dealkylation sites (tertiary alicyclic amines) is 1. The van der Waals surface area contributed by atoms with Gasteiger partial charge >= 0.3 is 0 Å². The second-order valence-corrected chi connectivity index (χ2v) is 6.96. The Labute approximate surface area is 140 Å². The van der Waals surface area contributed by atoms with E-state index in [1.807, 2.05) is 12.3 Å². The fourth-order valence-corrected chi connectivity index (χ4v) is 3.93. The largest absolute Gasteiger partial charge is 0.368 e. The van der Waals surface area contributed by atoms with Gasteiger partial charge in [0, 0.05) is 25.3 Å². The lowest BCUT2D eigenvalue weighted by molar-refractivity contribution is 0.277. The lowest BCUT2D eigenvalue weighted by atomic mass is 9.89. The Morgan fingerprint density at radius 2 is 1.96 bits per heavy atom. The van der Waals surface area contributed by atoms with Crippen molar-refractivity contribution in [3.8, 4) is 0 Å². The van der Waals surface area contributed by atoms with Crippen LogP contribution in [0.1, 0.15) is 51.9 Å². The highest BCUT2D eigenvalue weighted by Crippen LogP contribution is 2.23. The average molecular weight is 317 g/mol. The summed E-state index contributed by atoms with van der Waals surface area (Å²) in [6, 6.07) is 2.62. The van der Waals surface area contributed by atoms with Crippen LogP contribution in [0.2, 0.25) is 0 Å². The Hall–Kier alpha value is -1.36. The maximum absolute atomic E-state index is 4.62. The molecule has 1 saturated heterocycles. The molecule has 1 aromatic rings. The third-order valence-electron chi connectivity index (χ3n) is 5.35. The van der Waals surface area contributed by atoms with E-state index in [-0.39, 0.29) is 0 Å². The van der Waals surface area contributed by atoms with Crippen molar-refractivity contribution < 1.29 is 0 Å². The lowest BCUT2D eigenvalue weighted by Gasteiger charge is -2.23. The summed E-state index contributed by atoms with van der Waals surface area (Å²) in [7, 11) is 0. The molecule has 2 N–H and O–H groups in total. The van der Waals surface area contributed by atoms with Crippen molar-refractivity contribution in [2.24, 2.45) is 5.92 Å². The van der Waals surface area contributed by atoms with E-state index in [9.17, 15) is 0 Å². The van der Waals surface area contributed by atoms with Crippen LogP contribution in [0.4, 0.5) is 11.8 Å². The van der Waals surface area contributed by atoms with Crippen LogP contribution >= 0.6 is 0 Å². The number of hydrogen-bond donors (Lipinski definition) is 2. The SMILES string of the molecule is CCN1CCCC1CNc1ccnc(NCC2CCCCC2)n1. The number of likely N-dealkylation sites (N-methyl/N-ethyl adjacent to an activating group) is 1. The van der Waals surface area contributed by atoms with Crippen molar-refractivity contribution >= 4 is 11.8 Å². The summed E-state index contributed by atoms with van der Waals surface area (Å²) >= 11 is 0. The molecule has 2 fully saturated rings. The van der Waals surface area contributed by atoms with Crippen molar-refractivity contribution in [2.45, 2.75) is 57.9 Å². The van der Waals surface area contributed by atoms with Crippen LogP contribution in [0.15, 0.2) is 12.3 Å². The van der Waals surface area contributed by atoms with Gasteiger partial charge in [0.2, 0.25) is 5.95 Å². The third-order valence-corrected chi connectivity index (χ3v) is 5.35. The van der Waals surface area contributed by atoms with Crippen LogP contribution in [-0.4, -0.2) is 47.1 Å². The Morgan fingerprint density at radius 3 is 2.78 bits per heavy atom. The van der Waals surface area contributed by atoms with Gasteiger partial charge in [-0.05, 0) is 50.8 Å². The van der Waals surface area contributed by atoms with Gasteiger partial charge in [0.1, 0.15) is 5.82 Å². The molecule has 1 aliphatic heterocycles. The molecule has 0 spiro atoms.